The lowest BCUT2D eigenvalue weighted by atomic mass is 10.1. The molecule has 0 bridgehead atoms. The molecule has 132 valence electrons. The summed E-state index contributed by atoms with van der Waals surface area (Å²) < 4.78 is 1.05. The molecule has 1 aromatic rings. The molecule has 1 saturated heterocycles. The lowest BCUT2D eigenvalue weighted by Crippen LogP contribution is -2.37. The van der Waals surface area contributed by atoms with Gasteiger partial charge in [-0.2, -0.15) is 0 Å². The number of carbonyl (C=O) groups is 2. The number of amides is 1. The van der Waals surface area contributed by atoms with Gasteiger partial charge >= 0.3 is 5.97 Å². The van der Waals surface area contributed by atoms with Gasteiger partial charge in [0.2, 0.25) is 5.91 Å². The summed E-state index contributed by atoms with van der Waals surface area (Å²) in [5.41, 5.74) is 1.15. The summed E-state index contributed by atoms with van der Waals surface area (Å²) in [7, 11) is 1.85. The highest BCUT2D eigenvalue weighted by Gasteiger charge is 2.23. The third-order valence-corrected chi connectivity index (χ3v) is 5.40. The molecule has 0 unspecified atom stereocenters. The number of likely N-dealkylation sites (N-methyl/N-ethyl adjacent to an activating group) is 1. The molecule has 1 amide bonds. The third kappa shape index (κ3) is 5.60. The Balaban J connectivity index is 1.83. The van der Waals surface area contributed by atoms with Crippen LogP contribution in [0.15, 0.2) is 28.7 Å². The van der Waals surface area contributed by atoms with Gasteiger partial charge in [0.1, 0.15) is 0 Å². The Kier molecular flexibility index (Phi) is 7.24. The number of aryl methyl sites for hydroxylation is 1. The molecule has 0 aromatic heterocycles. The van der Waals surface area contributed by atoms with Crippen LogP contribution in [-0.4, -0.2) is 59.5 Å². The summed E-state index contributed by atoms with van der Waals surface area (Å²) in [5.74, 6) is -0.615. The highest BCUT2D eigenvalue weighted by Crippen LogP contribution is 2.19. The Morgan fingerprint density at radius 3 is 2.75 bits per heavy atom. The standard InChI is InChI=1S/C18H25BrN2O3/c1-20(13-18(23)24)15-6-4-11-21(12-10-15)17(22)9-8-14-5-2-3-7-16(14)19/h2-3,5,7,15H,4,6,8-13H2,1H3,(H,23,24)/t15-/m1/s1. The van der Waals surface area contributed by atoms with Crippen LogP contribution >= 0.6 is 15.9 Å². The largest absolute Gasteiger partial charge is 0.480 e. The van der Waals surface area contributed by atoms with E-state index in [9.17, 15) is 9.59 Å². The van der Waals surface area contributed by atoms with Crippen LogP contribution in [-0.2, 0) is 16.0 Å². The van der Waals surface area contributed by atoms with Gasteiger partial charge in [-0.15, -0.1) is 0 Å². The first kappa shape index (κ1) is 18.9. The maximum atomic E-state index is 12.5. The molecule has 1 aliphatic heterocycles. The maximum Gasteiger partial charge on any atom is 0.317 e. The van der Waals surface area contributed by atoms with E-state index in [0.29, 0.717) is 13.0 Å². The molecular weight excluding hydrogens is 372 g/mol. The second kappa shape index (κ2) is 9.18. The number of carboxylic acid groups (broad SMARTS) is 1. The van der Waals surface area contributed by atoms with Crippen LogP contribution in [0.5, 0.6) is 0 Å². The molecular formula is C18H25BrN2O3. The number of halogens is 1. The van der Waals surface area contributed by atoms with E-state index in [1.807, 2.05) is 41.1 Å². The van der Waals surface area contributed by atoms with Gasteiger partial charge in [0.05, 0.1) is 6.54 Å². The van der Waals surface area contributed by atoms with Gasteiger partial charge in [0.25, 0.3) is 0 Å². The van der Waals surface area contributed by atoms with Gasteiger partial charge in [-0.05, 0) is 44.4 Å². The molecule has 1 heterocycles. The van der Waals surface area contributed by atoms with Gasteiger partial charge in [-0.1, -0.05) is 34.1 Å². The minimum absolute atomic E-state index is 0.0562. The average Bonchev–Trinajstić information content (AvgIpc) is 2.79. The van der Waals surface area contributed by atoms with Crippen molar-refractivity contribution in [3.63, 3.8) is 0 Å². The molecule has 1 aliphatic rings. The number of nitrogens with zero attached hydrogens (tertiary/aromatic N) is 2. The Bertz CT molecular complexity index is 579. The topological polar surface area (TPSA) is 60.9 Å². The van der Waals surface area contributed by atoms with Gasteiger partial charge in [-0.3, -0.25) is 14.5 Å². The molecule has 24 heavy (non-hydrogen) atoms. The molecule has 1 fully saturated rings. The SMILES string of the molecule is CN(CC(=O)O)[C@@H]1CCCN(C(=O)CCc2ccccc2Br)CC1. The van der Waals surface area contributed by atoms with Crippen molar-refractivity contribution in [3.05, 3.63) is 34.3 Å². The van der Waals surface area contributed by atoms with Crippen molar-refractivity contribution in [2.24, 2.45) is 0 Å². The molecule has 0 radical (unpaired) electrons. The van der Waals surface area contributed by atoms with Gasteiger partial charge in [-0.25, -0.2) is 0 Å². The normalized spacial score (nSPS) is 18.5. The van der Waals surface area contributed by atoms with E-state index in [0.717, 1.165) is 42.3 Å². The first-order chi connectivity index (χ1) is 11.5. The highest BCUT2D eigenvalue weighted by molar-refractivity contribution is 9.10. The number of rotatable bonds is 6. The van der Waals surface area contributed by atoms with E-state index in [2.05, 4.69) is 15.9 Å². The number of likely N-dealkylation sites (tertiary alicyclic amines) is 1. The smallest absolute Gasteiger partial charge is 0.317 e. The van der Waals surface area contributed by atoms with E-state index < -0.39 is 5.97 Å². The van der Waals surface area contributed by atoms with Crippen molar-refractivity contribution in [3.8, 4) is 0 Å². The van der Waals surface area contributed by atoms with Crippen LogP contribution in [0.25, 0.3) is 0 Å². The van der Waals surface area contributed by atoms with Crippen molar-refractivity contribution in [1.29, 1.82) is 0 Å². The number of hydrogen-bond donors (Lipinski definition) is 1. The van der Waals surface area contributed by atoms with Crippen molar-refractivity contribution in [2.45, 2.75) is 38.1 Å². The molecule has 0 saturated carbocycles. The van der Waals surface area contributed by atoms with Crippen molar-refractivity contribution in [2.75, 3.05) is 26.7 Å². The fraction of sp³-hybridized carbons (Fsp3) is 0.556. The molecule has 0 aliphatic carbocycles. The van der Waals surface area contributed by atoms with Crippen LogP contribution in [0.3, 0.4) is 0 Å². The molecule has 1 N–H and O–H groups in total. The summed E-state index contributed by atoms with van der Waals surface area (Å²) in [6, 6.07) is 8.23. The third-order valence-electron chi connectivity index (χ3n) is 4.62. The number of hydrogen-bond acceptors (Lipinski definition) is 3. The van der Waals surface area contributed by atoms with Crippen molar-refractivity contribution < 1.29 is 14.7 Å². The van der Waals surface area contributed by atoms with Crippen LogP contribution in [0, 0.1) is 0 Å². The number of aliphatic carboxylic acids is 1. The molecule has 1 aromatic carbocycles. The molecule has 5 nitrogen and oxygen atoms in total. The van der Waals surface area contributed by atoms with E-state index >= 15 is 0 Å². The minimum atomic E-state index is -0.803. The predicted molar refractivity (Wildman–Crippen MR) is 96.9 cm³/mol. The van der Waals surface area contributed by atoms with Crippen LogP contribution in [0.2, 0.25) is 0 Å². The second-order valence-corrected chi connectivity index (χ2v) is 7.22. The fourth-order valence-corrected chi connectivity index (χ4v) is 3.70. The Hall–Kier alpha value is -1.40. The minimum Gasteiger partial charge on any atom is -0.480 e. The predicted octanol–water partition coefficient (Wildman–Crippen LogP) is 2.78. The summed E-state index contributed by atoms with van der Waals surface area (Å²) in [4.78, 5) is 27.2. The van der Waals surface area contributed by atoms with Crippen LogP contribution in [0.4, 0.5) is 0 Å². The monoisotopic (exact) mass is 396 g/mol. The fourth-order valence-electron chi connectivity index (χ4n) is 3.21. The number of carbonyl (C=O) groups excluding carboxylic acids is 1. The lowest BCUT2D eigenvalue weighted by molar-refractivity contribution is -0.138. The van der Waals surface area contributed by atoms with Gasteiger partial charge < -0.3 is 10.0 Å². The average molecular weight is 397 g/mol. The van der Waals surface area contributed by atoms with Gasteiger partial charge in [0.15, 0.2) is 0 Å². The Morgan fingerprint density at radius 2 is 2.04 bits per heavy atom. The van der Waals surface area contributed by atoms with Crippen molar-refractivity contribution in [1.82, 2.24) is 9.80 Å². The quantitative estimate of drug-likeness (QED) is 0.802. The first-order valence-electron chi connectivity index (χ1n) is 8.40. The summed E-state index contributed by atoms with van der Waals surface area (Å²) >= 11 is 3.52. The zero-order valence-corrected chi connectivity index (χ0v) is 15.7. The molecule has 6 heteroatoms. The molecule has 0 spiro atoms. The number of benzene rings is 1. The maximum absolute atomic E-state index is 12.5. The summed E-state index contributed by atoms with van der Waals surface area (Å²) in [6.45, 7) is 1.54. The van der Waals surface area contributed by atoms with Crippen LogP contribution < -0.4 is 0 Å². The Morgan fingerprint density at radius 1 is 1.29 bits per heavy atom. The van der Waals surface area contributed by atoms with Crippen molar-refractivity contribution >= 4 is 27.8 Å². The molecule has 2 rings (SSSR count). The summed E-state index contributed by atoms with van der Waals surface area (Å²) in [6.07, 6.45) is 3.95. The zero-order chi connectivity index (χ0) is 17.5. The van der Waals surface area contributed by atoms with E-state index in [4.69, 9.17) is 5.11 Å². The Labute approximate surface area is 151 Å². The number of carboxylic acids is 1. The van der Waals surface area contributed by atoms with Gasteiger partial charge in [0, 0.05) is 30.0 Å². The van der Waals surface area contributed by atoms with E-state index in [1.165, 1.54) is 0 Å². The highest BCUT2D eigenvalue weighted by atomic mass is 79.9. The van der Waals surface area contributed by atoms with Crippen LogP contribution in [0.1, 0.15) is 31.2 Å². The lowest BCUT2D eigenvalue weighted by Gasteiger charge is -2.25. The van der Waals surface area contributed by atoms with E-state index in [-0.39, 0.29) is 18.5 Å². The summed E-state index contributed by atoms with van der Waals surface area (Å²) in [5, 5.41) is 8.92. The second-order valence-electron chi connectivity index (χ2n) is 6.37. The zero-order valence-electron chi connectivity index (χ0n) is 14.1. The molecule has 1 atom stereocenters. The van der Waals surface area contributed by atoms with E-state index in [1.54, 1.807) is 0 Å². The first-order valence-corrected chi connectivity index (χ1v) is 9.20.